The zero-order chi connectivity index (χ0) is 6.24. The van der Waals surface area contributed by atoms with E-state index in [-0.39, 0.29) is 32.7 Å². The number of hydrogen-bond donors (Lipinski definition) is 1. The van der Waals surface area contributed by atoms with Gasteiger partial charge in [-0.15, -0.1) is 4.33 Å². The molecule has 0 amide bonds. The summed E-state index contributed by atoms with van der Waals surface area (Å²) < 4.78 is 4.09. The predicted molar refractivity (Wildman–Crippen MR) is 31.8 cm³/mol. The minimum atomic E-state index is 0. The van der Waals surface area contributed by atoms with Crippen molar-refractivity contribution in [1.29, 1.82) is 0 Å². The first-order valence-corrected chi connectivity index (χ1v) is 3.20. The Kier molecular flexibility index (Phi) is 17.4. The van der Waals surface area contributed by atoms with Crippen LogP contribution in [0.3, 0.4) is 0 Å². The van der Waals surface area contributed by atoms with Gasteiger partial charge in [0.05, 0.1) is 0 Å². The fraction of sp³-hybridized carbons (Fsp3) is 0.750. The third-order valence-corrected chi connectivity index (χ3v) is 1.13. The maximum absolute atomic E-state index is 7.61. The Hall–Kier alpha value is 1.33. The van der Waals surface area contributed by atoms with Crippen LogP contribution >= 0.6 is 12.0 Å². The van der Waals surface area contributed by atoms with Crippen molar-refractivity contribution < 1.29 is 47.3 Å². The van der Waals surface area contributed by atoms with E-state index in [1.165, 1.54) is 0 Å². The molecule has 53 valence electrons. The average molecular weight is 226 g/mol. The van der Waals surface area contributed by atoms with Crippen molar-refractivity contribution in [2.24, 2.45) is 0 Å². The second-order valence-corrected chi connectivity index (χ2v) is 1.94. The number of rotatable bonds is 5. The Morgan fingerprint density at radius 3 is 2.78 bits per heavy atom. The monoisotopic (exact) mass is 226 g/mol. The molecule has 0 fully saturated rings. The minimum Gasteiger partial charge on any atom is -0.331 e. The Balaban J connectivity index is 0. The normalized spacial score (nSPS) is 8.67. The first-order valence-electron chi connectivity index (χ1n) is 2.29. The van der Waals surface area contributed by atoms with Gasteiger partial charge in [0.15, 0.2) is 0 Å². The molecular weight excluding hydrogens is 217 g/mol. The van der Waals surface area contributed by atoms with Crippen LogP contribution in [-0.2, 0) is 42.1 Å². The molecule has 0 unspecified atom stereocenters. The summed E-state index contributed by atoms with van der Waals surface area (Å²) in [5.74, 6) is 0.803. The smallest absolute Gasteiger partial charge is 0.0319 e. The van der Waals surface area contributed by atoms with E-state index in [4.69, 9.17) is 5.26 Å². The molecule has 5 heteroatoms. The average Bonchev–Trinajstić information content (AvgIpc) is 1.81. The summed E-state index contributed by atoms with van der Waals surface area (Å²) >= 11 is 1.07. The van der Waals surface area contributed by atoms with Gasteiger partial charge < -0.3 is 6.42 Å². The quantitative estimate of drug-likeness (QED) is 0.254. The number of unbranched alkanes of at least 4 members (excludes halogenated alkanes) is 1. The molecule has 3 nitrogen and oxygen atoms in total. The van der Waals surface area contributed by atoms with E-state index in [9.17, 15) is 0 Å². The van der Waals surface area contributed by atoms with Crippen molar-refractivity contribution in [1.82, 2.24) is 0 Å². The van der Waals surface area contributed by atoms with E-state index < -0.39 is 0 Å². The van der Waals surface area contributed by atoms with Crippen LogP contribution in [0.2, 0.25) is 0 Å². The molecule has 0 aliphatic heterocycles. The van der Waals surface area contributed by atoms with Gasteiger partial charge >= 0.3 is 0 Å². The van der Waals surface area contributed by atoms with Gasteiger partial charge in [-0.25, -0.2) is 5.26 Å². The molecule has 1 radical (unpaired) electrons. The molecule has 0 aromatic carbocycles. The van der Waals surface area contributed by atoms with Crippen LogP contribution in [0.5, 0.6) is 0 Å². The summed E-state index contributed by atoms with van der Waals surface area (Å²) in [4.78, 5) is 0. The van der Waals surface area contributed by atoms with Gasteiger partial charge in [0, 0.05) is 44.8 Å². The van der Waals surface area contributed by atoms with Crippen LogP contribution in [0.25, 0.3) is 0 Å². The molecule has 0 saturated carbocycles. The first kappa shape index (κ1) is 13.0. The van der Waals surface area contributed by atoms with Crippen LogP contribution in [-0.4, -0.2) is 11.0 Å². The molecule has 0 aliphatic carbocycles. The fourth-order valence-electron chi connectivity index (χ4n) is 0.222. The first-order chi connectivity index (χ1) is 3.91. The van der Waals surface area contributed by atoms with Crippen molar-refractivity contribution in [3.05, 3.63) is 6.42 Å². The Bertz CT molecular complexity index is 40.8. The van der Waals surface area contributed by atoms with Crippen molar-refractivity contribution in [2.45, 2.75) is 13.3 Å². The summed E-state index contributed by atoms with van der Waals surface area (Å²) in [6.07, 6.45) is 2.96. The van der Waals surface area contributed by atoms with Crippen molar-refractivity contribution >= 4 is 12.0 Å². The van der Waals surface area contributed by atoms with E-state index in [1.807, 2.05) is 13.3 Å². The van der Waals surface area contributed by atoms with E-state index in [2.05, 4.69) is 9.37 Å². The van der Waals surface area contributed by atoms with Gasteiger partial charge in [-0.2, -0.15) is 13.3 Å². The topological polar surface area (TPSA) is 38.7 Å². The Morgan fingerprint density at radius 1 is 1.67 bits per heavy atom. The number of hydrogen-bond acceptors (Lipinski definition) is 4. The largest absolute Gasteiger partial charge is 0.331 e. The van der Waals surface area contributed by atoms with Gasteiger partial charge in [-0.05, 0) is 5.75 Å². The molecule has 0 bridgehead atoms. The summed E-state index contributed by atoms with van der Waals surface area (Å²) in [6.45, 7) is 1.96. The maximum Gasteiger partial charge on any atom is 0.0319 e. The molecule has 0 rings (SSSR count). The molecule has 0 atom stereocenters. The fourth-order valence-corrected chi connectivity index (χ4v) is 0.665. The van der Waals surface area contributed by atoms with Gasteiger partial charge in [-0.3, -0.25) is 0 Å². The molecule has 0 spiro atoms. The summed E-state index contributed by atoms with van der Waals surface area (Å²) in [5, 5.41) is 10.9. The third-order valence-electron chi connectivity index (χ3n) is 0.568. The zero-order valence-electron chi connectivity index (χ0n) is 5.24. The maximum atomic E-state index is 7.61. The molecule has 1 N–H and O–H groups in total. The molecule has 0 saturated heterocycles. The predicted octanol–water partition coefficient (Wildman–Crippen LogP) is 1.67. The van der Waals surface area contributed by atoms with Crippen molar-refractivity contribution in [2.75, 3.05) is 5.75 Å². The molecule has 0 aliphatic rings. The van der Waals surface area contributed by atoms with E-state index in [0.29, 0.717) is 0 Å². The van der Waals surface area contributed by atoms with Gasteiger partial charge in [0.2, 0.25) is 0 Å². The van der Waals surface area contributed by atoms with Gasteiger partial charge in [0.25, 0.3) is 0 Å². The van der Waals surface area contributed by atoms with Crippen molar-refractivity contribution in [3.8, 4) is 0 Å². The van der Waals surface area contributed by atoms with Crippen LogP contribution in [0.4, 0.5) is 0 Å². The second kappa shape index (κ2) is 12.1. The van der Waals surface area contributed by atoms with Crippen LogP contribution in [0.1, 0.15) is 13.3 Å². The van der Waals surface area contributed by atoms with E-state index in [0.717, 1.165) is 24.2 Å². The minimum absolute atomic E-state index is 0. The standard InChI is InChI=1S/C4H9O3S.Y/c1-2-3-4-8-7-6-5;/h2,5H,3-4H2,1H3;/q-1;. The van der Waals surface area contributed by atoms with E-state index in [1.54, 1.807) is 0 Å². The molecular formula is C4H9O3SY-. The Labute approximate surface area is 84.4 Å². The van der Waals surface area contributed by atoms with Gasteiger partial charge in [-0.1, -0.05) is 5.04 Å². The van der Waals surface area contributed by atoms with Crippen LogP contribution in [0, 0.1) is 6.42 Å². The molecule has 9 heavy (non-hydrogen) atoms. The summed E-state index contributed by atoms with van der Waals surface area (Å²) in [6, 6.07) is 0. The second-order valence-electron chi connectivity index (χ2n) is 1.16. The SMILES string of the molecule is C[CH-]CCSOOO.[Y]. The zero-order valence-corrected chi connectivity index (χ0v) is 8.90. The Morgan fingerprint density at radius 2 is 2.33 bits per heavy atom. The van der Waals surface area contributed by atoms with Gasteiger partial charge in [0.1, 0.15) is 0 Å². The van der Waals surface area contributed by atoms with E-state index >= 15 is 0 Å². The van der Waals surface area contributed by atoms with Crippen LogP contribution in [0.15, 0.2) is 0 Å². The van der Waals surface area contributed by atoms with Crippen LogP contribution < -0.4 is 0 Å². The van der Waals surface area contributed by atoms with Crippen molar-refractivity contribution in [3.63, 3.8) is 0 Å². The third kappa shape index (κ3) is 12.5. The molecule has 0 heterocycles. The molecule has 0 aromatic rings. The molecule has 0 aromatic heterocycles. The summed E-state index contributed by atoms with van der Waals surface area (Å²) in [5.41, 5.74) is 0. The summed E-state index contributed by atoms with van der Waals surface area (Å²) in [7, 11) is 0.